The van der Waals surface area contributed by atoms with Crippen molar-refractivity contribution < 1.29 is 9.53 Å². The molecule has 0 aliphatic heterocycles. The monoisotopic (exact) mass is 210 g/mol. The largest absolute Gasteiger partial charge is 0.465 e. The van der Waals surface area contributed by atoms with Gasteiger partial charge >= 0.3 is 5.97 Å². The van der Waals surface area contributed by atoms with Crippen LogP contribution in [0.5, 0.6) is 0 Å². The van der Waals surface area contributed by atoms with Crippen molar-refractivity contribution in [1.82, 2.24) is 4.90 Å². The summed E-state index contributed by atoms with van der Waals surface area (Å²) in [6.45, 7) is 4.42. The Bertz CT molecular complexity index is 256. The van der Waals surface area contributed by atoms with Crippen molar-refractivity contribution >= 4 is 5.97 Å². The van der Waals surface area contributed by atoms with E-state index in [9.17, 15) is 4.79 Å². The molecule has 0 aromatic carbocycles. The first-order chi connectivity index (χ1) is 7.22. The lowest BCUT2D eigenvalue weighted by atomic mass is 10.2. The van der Waals surface area contributed by atoms with Gasteiger partial charge in [-0.1, -0.05) is 6.92 Å². The van der Waals surface area contributed by atoms with Crippen LogP contribution in [0.15, 0.2) is 0 Å². The van der Waals surface area contributed by atoms with Gasteiger partial charge in [-0.05, 0) is 26.2 Å². The summed E-state index contributed by atoms with van der Waals surface area (Å²) in [5.41, 5.74) is 0. The van der Waals surface area contributed by atoms with Gasteiger partial charge in [0.1, 0.15) is 0 Å². The number of nitrogens with zero attached hydrogens (tertiary/aromatic N) is 2. The molecule has 0 spiro atoms. The van der Waals surface area contributed by atoms with E-state index in [0.29, 0.717) is 12.6 Å². The highest BCUT2D eigenvalue weighted by atomic mass is 16.5. The van der Waals surface area contributed by atoms with Gasteiger partial charge in [0.25, 0.3) is 0 Å². The number of rotatable bonds is 6. The highest BCUT2D eigenvalue weighted by molar-refractivity contribution is 5.71. The van der Waals surface area contributed by atoms with Crippen LogP contribution in [0.2, 0.25) is 0 Å². The van der Waals surface area contributed by atoms with Crippen LogP contribution < -0.4 is 0 Å². The van der Waals surface area contributed by atoms with Gasteiger partial charge in [-0.15, -0.1) is 0 Å². The topological polar surface area (TPSA) is 53.3 Å². The zero-order valence-corrected chi connectivity index (χ0v) is 9.40. The smallest absolute Gasteiger partial charge is 0.320 e. The average molecular weight is 210 g/mol. The maximum absolute atomic E-state index is 11.3. The van der Waals surface area contributed by atoms with Gasteiger partial charge in [-0.3, -0.25) is 9.69 Å². The van der Waals surface area contributed by atoms with E-state index >= 15 is 0 Å². The van der Waals surface area contributed by atoms with E-state index in [-0.39, 0.29) is 18.6 Å². The van der Waals surface area contributed by atoms with Crippen LogP contribution in [0.1, 0.15) is 33.1 Å². The van der Waals surface area contributed by atoms with Gasteiger partial charge in [0.2, 0.25) is 0 Å². The molecule has 0 aromatic heterocycles. The predicted molar refractivity (Wildman–Crippen MR) is 56.1 cm³/mol. The summed E-state index contributed by atoms with van der Waals surface area (Å²) in [5, 5.41) is 8.97. The first kappa shape index (κ1) is 12.0. The van der Waals surface area contributed by atoms with Crippen LogP contribution in [0.3, 0.4) is 0 Å². The summed E-state index contributed by atoms with van der Waals surface area (Å²) in [6.07, 6.45) is 2.95. The number of ether oxygens (including phenoxy) is 1. The fourth-order valence-corrected chi connectivity index (χ4v) is 1.66. The molecule has 1 aliphatic carbocycles. The van der Waals surface area contributed by atoms with Crippen molar-refractivity contribution in [3.05, 3.63) is 0 Å². The van der Waals surface area contributed by atoms with Crippen LogP contribution in [0, 0.1) is 11.3 Å². The third-order valence-electron chi connectivity index (χ3n) is 2.57. The SMILES string of the molecule is CCOC(=O)CN(C(C#N)CC)C1CC1. The van der Waals surface area contributed by atoms with Gasteiger partial charge in [-0.25, -0.2) is 0 Å². The third-order valence-corrected chi connectivity index (χ3v) is 2.57. The summed E-state index contributed by atoms with van der Waals surface area (Å²) in [4.78, 5) is 13.3. The van der Waals surface area contributed by atoms with Crippen LogP contribution in [0.25, 0.3) is 0 Å². The maximum atomic E-state index is 11.3. The van der Waals surface area contributed by atoms with Crippen LogP contribution >= 0.6 is 0 Å². The number of hydrogen-bond acceptors (Lipinski definition) is 4. The van der Waals surface area contributed by atoms with E-state index in [1.165, 1.54) is 0 Å². The molecule has 4 heteroatoms. The molecule has 1 fully saturated rings. The Balaban J connectivity index is 2.50. The van der Waals surface area contributed by atoms with E-state index in [1.807, 2.05) is 11.8 Å². The Hall–Kier alpha value is -1.08. The maximum Gasteiger partial charge on any atom is 0.320 e. The van der Waals surface area contributed by atoms with Crippen molar-refractivity contribution in [2.75, 3.05) is 13.2 Å². The minimum absolute atomic E-state index is 0.151. The van der Waals surface area contributed by atoms with E-state index in [0.717, 1.165) is 19.3 Å². The molecule has 1 rings (SSSR count). The molecular formula is C11H18N2O2. The van der Waals surface area contributed by atoms with Crippen LogP contribution in [-0.2, 0) is 9.53 Å². The van der Waals surface area contributed by atoms with Crippen molar-refractivity contribution in [2.24, 2.45) is 0 Å². The molecule has 1 saturated carbocycles. The lowest BCUT2D eigenvalue weighted by molar-refractivity contribution is -0.145. The standard InChI is InChI=1S/C11H18N2O2/c1-3-9(7-12)13(10-5-6-10)8-11(14)15-4-2/h9-10H,3-6,8H2,1-2H3. The fourth-order valence-electron chi connectivity index (χ4n) is 1.66. The first-order valence-corrected chi connectivity index (χ1v) is 5.53. The Morgan fingerprint density at radius 1 is 1.60 bits per heavy atom. The molecule has 0 heterocycles. The zero-order chi connectivity index (χ0) is 11.3. The second-order valence-corrected chi connectivity index (χ2v) is 3.76. The van der Waals surface area contributed by atoms with Gasteiger partial charge in [-0.2, -0.15) is 5.26 Å². The van der Waals surface area contributed by atoms with Crippen molar-refractivity contribution in [2.45, 2.75) is 45.2 Å². The Kier molecular flexibility index (Phi) is 4.57. The highest BCUT2D eigenvalue weighted by Crippen LogP contribution is 2.29. The summed E-state index contributed by atoms with van der Waals surface area (Å²) < 4.78 is 4.90. The Morgan fingerprint density at radius 3 is 2.67 bits per heavy atom. The molecule has 0 bridgehead atoms. The van der Waals surface area contributed by atoms with Gasteiger partial charge in [0.15, 0.2) is 0 Å². The lowest BCUT2D eigenvalue weighted by Gasteiger charge is -2.24. The second kappa shape index (κ2) is 5.72. The summed E-state index contributed by atoms with van der Waals surface area (Å²) >= 11 is 0. The van der Waals surface area contributed by atoms with Gasteiger partial charge in [0.05, 0.1) is 25.3 Å². The Labute approximate surface area is 90.8 Å². The predicted octanol–water partition coefficient (Wildman–Crippen LogP) is 1.32. The summed E-state index contributed by atoms with van der Waals surface area (Å²) in [7, 11) is 0. The molecule has 0 aromatic rings. The number of hydrogen-bond donors (Lipinski definition) is 0. The minimum atomic E-state index is -0.224. The summed E-state index contributed by atoms with van der Waals surface area (Å²) in [6, 6.07) is 2.50. The zero-order valence-electron chi connectivity index (χ0n) is 9.40. The number of carbonyl (C=O) groups excluding carboxylic acids is 1. The highest BCUT2D eigenvalue weighted by Gasteiger charge is 2.34. The first-order valence-electron chi connectivity index (χ1n) is 5.53. The molecule has 0 radical (unpaired) electrons. The molecule has 1 atom stereocenters. The fraction of sp³-hybridized carbons (Fsp3) is 0.818. The number of esters is 1. The van der Waals surface area contributed by atoms with E-state index in [4.69, 9.17) is 10.00 Å². The van der Waals surface area contributed by atoms with E-state index in [2.05, 4.69) is 6.07 Å². The van der Waals surface area contributed by atoms with Gasteiger partial charge < -0.3 is 4.74 Å². The lowest BCUT2D eigenvalue weighted by Crippen LogP contribution is -2.40. The number of nitriles is 1. The second-order valence-electron chi connectivity index (χ2n) is 3.76. The van der Waals surface area contributed by atoms with Crippen LogP contribution in [0.4, 0.5) is 0 Å². The molecule has 0 saturated heterocycles. The average Bonchev–Trinajstić information content (AvgIpc) is 3.01. The quantitative estimate of drug-likeness (QED) is 0.620. The normalized spacial score (nSPS) is 17.2. The molecule has 1 aliphatic rings. The van der Waals surface area contributed by atoms with E-state index < -0.39 is 0 Å². The summed E-state index contributed by atoms with van der Waals surface area (Å²) in [5.74, 6) is -0.224. The Morgan fingerprint density at radius 2 is 2.27 bits per heavy atom. The molecular weight excluding hydrogens is 192 g/mol. The minimum Gasteiger partial charge on any atom is -0.465 e. The van der Waals surface area contributed by atoms with Gasteiger partial charge in [0, 0.05) is 6.04 Å². The van der Waals surface area contributed by atoms with Crippen molar-refractivity contribution in [3.63, 3.8) is 0 Å². The molecule has 15 heavy (non-hydrogen) atoms. The number of carbonyl (C=O) groups is 1. The molecule has 0 amide bonds. The van der Waals surface area contributed by atoms with Crippen molar-refractivity contribution in [3.8, 4) is 6.07 Å². The van der Waals surface area contributed by atoms with Crippen LogP contribution in [-0.4, -0.2) is 36.1 Å². The molecule has 4 nitrogen and oxygen atoms in total. The molecule has 84 valence electrons. The molecule has 0 N–H and O–H groups in total. The van der Waals surface area contributed by atoms with E-state index in [1.54, 1.807) is 6.92 Å². The third kappa shape index (κ3) is 3.52. The van der Waals surface area contributed by atoms with Crippen molar-refractivity contribution in [1.29, 1.82) is 5.26 Å². The molecule has 1 unspecified atom stereocenters.